The van der Waals surface area contributed by atoms with Crippen LogP contribution in [0.2, 0.25) is 0 Å². The van der Waals surface area contributed by atoms with Gasteiger partial charge in [0.05, 0.1) is 12.7 Å². The molecule has 0 spiro atoms. The Morgan fingerprint density at radius 3 is 2.36 bits per heavy atom. The topological polar surface area (TPSA) is 58.6 Å². The van der Waals surface area contributed by atoms with Crippen LogP contribution in [0.5, 0.6) is 5.75 Å². The quantitative estimate of drug-likeness (QED) is 0.874. The van der Waals surface area contributed by atoms with Crippen molar-refractivity contribution in [2.75, 3.05) is 20.2 Å². The average molecular weight is 388 g/mol. The van der Waals surface area contributed by atoms with E-state index >= 15 is 0 Å². The van der Waals surface area contributed by atoms with E-state index in [0.717, 1.165) is 0 Å². The van der Waals surface area contributed by atoms with Gasteiger partial charge in [0.2, 0.25) is 5.91 Å². The molecule has 1 aliphatic rings. The van der Waals surface area contributed by atoms with E-state index in [1.807, 2.05) is 0 Å². The van der Waals surface area contributed by atoms with Crippen LogP contribution in [0.25, 0.3) is 11.1 Å². The summed E-state index contributed by atoms with van der Waals surface area (Å²) in [6.07, 6.45) is 1.25. The van der Waals surface area contributed by atoms with Crippen LogP contribution in [0.3, 0.4) is 0 Å². The van der Waals surface area contributed by atoms with Gasteiger partial charge in [-0.25, -0.2) is 8.78 Å². The molecule has 0 bridgehead atoms. The average Bonchev–Trinajstić information content (AvgIpc) is 2.67. The van der Waals surface area contributed by atoms with Crippen molar-refractivity contribution in [3.63, 3.8) is 0 Å². The standard InChI is InChI=1S/C21H22F2N2O3/c1-13(26)24-15-7-9-25(10-8-15)21(27)18-5-3-14(11-19(18)22)17-6-4-16(28-2)12-20(17)23/h3-6,11-12,15H,7-10H2,1-2H3,(H,24,26). The molecule has 0 atom stereocenters. The van der Waals surface area contributed by atoms with Crippen LogP contribution in [-0.4, -0.2) is 43.0 Å². The number of piperidine rings is 1. The van der Waals surface area contributed by atoms with Crippen LogP contribution >= 0.6 is 0 Å². The van der Waals surface area contributed by atoms with Gasteiger partial charge < -0.3 is 15.0 Å². The summed E-state index contributed by atoms with van der Waals surface area (Å²) in [4.78, 5) is 25.4. The number of rotatable bonds is 4. The molecule has 3 rings (SSSR count). The van der Waals surface area contributed by atoms with Crippen LogP contribution in [0.4, 0.5) is 8.78 Å². The minimum Gasteiger partial charge on any atom is -0.497 e. The molecule has 2 aromatic rings. The molecule has 148 valence electrons. The summed E-state index contributed by atoms with van der Waals surface area (Å²) in [7, 11) is 1.44. The van der Waals surface area contributed by atoms with Gasteiger partial charge in [-0.1, -0.05) is 6.07 Å². The Morgan fingerprint density at radius 1 is 1.07 bits per heavy atom. The molecular formula is C21H22F2N2O3. The Morgan fingerprint density at radius 2 is 1.79 bits per heavy atom. The van der Waals surface area contributed by atoms with Gasteiger partial charge in [0.15, 0.2) is 0 Å². The molecule has 1 fully saturated rings. The maximum Gasteiger partial charge on any atom is 0.256 e. The number of carbonyl (C=O) groups excluding carboxylic acids is 2. The lowest BCUT2D eigenvalue weighted by Gasteiger charge is -2.32. The summed E-state index contributed by atoms with van der Waals surface area (Å²) in [5.41, 5.74) is 0.532. The van der Waals surface area contributed by atoms with Crippen molar-refractivity contribution in [3.05, 3.63) is 53.6 Å². The first-order chi connectivity index (χ1) is 13.4. The van der Waals surface area contributed by atoms with Gasteiger partial charge in [-0.2, -0.15) is 0 Å². The number of amides is 2. The number of nitrogens with one attached hydrogen (secondary N) is 1. The zero-order valence-electron chi connectivity index (χ0n) is 15.8. The highest BCUT2D eigenvalue weighted by Gasteiger charge is 2.26. The number of hydrogen-bond acceptors (Lipinski definition) is 3. The number of hydrogen-bond donors (Lipinski definition) is 1. The van der Waals surface area contributed by atoms with E-state index in [2.05, 4.69) is 5.32 Å². The summed E-state index contributed by atoms with van der Waals surface area (Å²) in [6, 6.07) is 8.45. The molecule has 2 amide bonds. The first-order valence-corrected chi connectivity index (χ1v) is 9.09. The van der Waals surface area contributed by atoms with E-state index in [-0.39, 0.29) is 23.1 Å². The van der Waals surface area contributed by atoms with Gasteiger partial charge in [-0.15, -0.1) is 0 Å². The van der Waals surface area contributed by atoms with Gasteiger partial charge in [-0.05, 0) is 42.7 Å². The van der Waals surface area contributed by atoms with Crippen LogP contribution in [0.1, 0.15) is 30.1 Å². The lowest BCUT2D eigenvalue weighted by atomic mass is 10.0. The van der Waals surface area contributed by atoms with E-state index in [4.69, 9.17) is 4.74 Å². The highest BCUT2D eigenvalue weighted by atomic mass is 19.1. The Bertz CT molecular complexity index is 893. The Balaban J connectivity index is 1.74. The number of benzene rings is 2. The lowest BCUT2D eigenvalue weighted by molar-refractivity contribution is -0.119. The van der Waals surface area contributed by atoms with Crippen molar-refractivity contribution in [2.24, 2.45) is 0 Å². The third-order valence-electron chi connectivity index (χ3n) is 4.88. The summed E-state index contributed by atoms with van der Waals surface area (Å²) in [6.45, 7) is 2.34. The summed E-state index contributed by atoms with van der Waals surface area (Å²) < 4.78 is 33.8. The second-order valence-electron chi connectivity index (χ2n) is 6.81. The molecule has 0 aliphatic carbocycles. The van der Waals surface area contributed by atoms with Crippen molar-refractivity contribution in [3.8, 4) is 16.9 Å². The Hall–Kier alpha value is -2.96. The fourth-order valence-electron chi connectivity index (χ4n) is 3.40. The van der Waals surface area contributed by atoms with Crippen LogP contribution in [0, 0.1) is 11.6 Å². The number of ether oxygens (including phenoxy) is 1. The molecule has 28 heavy (non-hydrogen) atoms. The van der Waals surface area contributed by atoms with Crippen molar-refractivity contribution in [2.45, 2.75) is 25.8 Å². The first-order valence-electron chi connectivity index (χ1n) is 9.09. The minimum atomic E-state index is -0.693. The summed E-state index contributed by atoms with van der Waals surface area (Å²) in [5.74, 6) is -1.35. The van der Waals surface area contributed by atoms with Gasteiger partial charge >= 0.3 is 0 Å². The smallest absolute Gasteiger partial charge is 0.256 e. The number of likely N-dealkylation sites (tertiary alicyclic amines) is 1. The summed E-state index contributed by atoms with van der Waals surface area (Å²) >= 11 is 0. The van der Waals surface area contributed by atoms with Gasteiger partial charge in [0.25, 0.3) is 5.91 Å². The SMILES string of the molecule is COc1ccc(-c2ccc(C(=O)N3CCC(NC(C)=O)CC3)c(F)c2)c(F)c1. The Labute approximate surface area is 162 Å². The third kappa shape index (κ3) is 4.30. The highest BCUT2D eigenvalue weighted by Crippen LogP contribution is 2.28. The van der Waals surface area contributed by atoms with Gasteiger partial charge in [0, 0.05) is 37.7 Å². The molecule has 5 nitrogen and oxygen atoms in total. The molecule has 1 saturated heterocycles. The predicted molar refractivity (Wildman–Crippen MR) is 101 cm³/mol. The molecule has 1 aliphatic heterocycles. The van der Waals surface area contributed by atoms with E-state index in [9.17, 15) is 18.4 Å². The fraction of sp³-hybridized carbons (Fsp3) is 0.333. The maximum absolute atomic E-state index is 14.6. The van der Waals surface area contributed by atoms with Crippen molar-refractivity contribution >= 4 is 11.8 Å². The molecule has 1 heterocycles. The minimum absolute atomic E-state index is 0.0341. The molecule has 0 radical (unpaired) electrons. The number of nitrogens with zero attached hydrogens (tertiary/aromatic N) is 1. The van der Waals surface area contributed by atoms with E-state index < -0.39 is 17.5 Å². The monoisotopic (exact) mass is 388 g/mol. The molecular weight excluding hydrogens is 366 g/mol. The van der Waals surface area contributed by atoms with Crippen LogP contribution in [0.15, 0.2) is 36.4 Å². The maximum atomic E-state index is 14.6. The first kappa shape index (κ1) is 19.8. The molecule has 1 N–H and O–H groups in total. The zero-order valence-corrected chi connectivity index (χ0v) is 15.8. The number of halogens is 2. The number of methoxy groups -OCH3 is 1. The molecule has 0 saturated carbocycles. The normalized spacial score (nSPS) is 14.6. The summed E-state index contributed by atoms with van der Waals surface area (Å²) in [5, 5.41) is 2.84. The number of carbonyl (C=O) groups is 2. The molecule has 7 heteroatoms. The van der Waals surface area contributed by atoms with Crippen LogP contribution in [-0.2, 0) is 4.79 Å². The fourth-order valence-corrected chi connectivity index (χ4v) is 3.40. The van der Waals surface area contributed by atoms with Crippen molar-refractivity contribution in [1.82, 2.24) is 10.2 Å². The van der Waals surface area contributed by atoms with E-state index in [0.29, 0.717) is 37.2 Å². The van der Waals surface area contributed by atoms with Gasteiger partial charge in [-0.3, -0.25) is 9.59 Å². The largest absolute Gasteiger partial charge is 0.497 e. The van der Waals surface area contributed by atoms with E-state index in [1.54, 1.807) is 11.0 Å². The van der Waals surface area contributed by atoms with Crippen LogP contribution < -0.4 is 10.1 Å². The molecule has 0 unspecified atom stereocenters. The predicted octanol–water partition coefficient (Wildman–Crippen LogP) is 3.38. The lowest BCUT2D eigenvalue weighted by Crippen LogP contribution is -2.46. The Kier molecular flexibility index (Phi) is 5.92. The second-order valence-corrected chi connectivity index (χ2v) is 6.81. The van der Waals surface area contributed by atoms with Crippen molar-refractivity contribution in [1.29, 1.82) is 0 Å². The van der Waals surface area contributed by atoms with E-state index in [1.165, 1.54) is 44.4 Å². The molecule has 2 aromatic carbocycles. The second kappa shape index (κ2) is 8.37. The third-order valence-corrected chi connectivity index (χ3v) is 4.88. The molecule has 0 aromatic heterocycles. The van der Waals surface area contributed by atoms with Gasteiger partial charge in [0.1, 0.15) is 17.4 Å². The van der Waals surface area contributed by atoms with Crippen molar-refractivity contribution < 1.29 is 23.1 Å². The zero-order chi connectivity index (χ0) is 20.3. The highest BCUT2D eigenvalue weighted by molar-refractivity contribution is 5.95.